The molecule has 29 heavy (non-hydrogen) atoms. The Kier molecular flexibility index (Phi) is 11.5. The molecule has 0 aliphatic rings. The molecular weight excluding hydrogens is 384 g/mol. The van der Waals surface area contributed by atoms with Crippen molar-refractivity contribution >= 4 is 29.7 Å². The zero-order valence-electron chi connectivity index (χ0n) is 17.2. The van der Waals surface area contributed by atoms with Crippen LogP contribution < -0.4 is 21.7 Å². The van der Waals surface area contributed by atoms with Gasteiger partial charge in [0.05, 0.1) is 6.54 Å². The van der Waals surface area contributed by atoms with Crippen LogP contribution in [0, 0.1) is 11.8 Å². The van der Waals surface area contributed by atoms with E-state index in [0.29, 0.717) is 0 Å². The molecular formula is C18H32N4O7. The fourth-order valence-corrected chi connectivity index (χ4v) is 2.53. The molecule has 7 N–H and O–H groups in total. The standard InChI is InChI=1S/C18H32N4O7/c1-9(2)7-12(18(28)29)21-17(27)15(10(3)4)22-16(26)11(5-6-14(24)25)20-13(23)8-19/h9-12,15H,5-8,19H2,1-4H3,(H,20,23)(H,21,27)(H,22,26)(H,24,25)(H,28,29). The summed E-state index contributed by atoms with van der Waals surface area (Å²) in [4.78, 5) is 58.9. The molecule has 0 spiro atoms. The Bertz CT molecular complexity index is 607. The normalized spacial score (nSPS) is 14.0. The van der Waals surface area contributed by atoms with Crippen molar-refractivity contribution in [3.8, 4) is 0 Å². The van der Waals surface area contributed by atoms with Crippen molar-refractivity contribution in [3.05, 3.63) is 0 Å². The van der Waals surface area contributed by atoms with E-state index in [2.05, 4.69) is 16.0 Å². The zero-order chi connectivity index (χ0) is 22.7. The molecule has 0 radical (unpaired) electrons. The first kappa shape index (κ1) is 26.3. The van der Waals surface area contributed by atoms with Crippen molar-refractivity contribution in [2.75, 3.05) is 6.54 Å². The van der Waals surface area contributed by atoms with Crippen LogP contribution in [0.15, 0.2) is 0 Å². The molecule has 0 fully saturated rings. The van der Waals surface area contributed by atoms with Gasteiger partial charge in [-0.15, -0.1) is 0 Å². The van der Waals surface area contributed by atoms with Gasteiger partial charge in [-0.2, -0.15) is 0 Å². The highest BCUT2D eigenvalue weighted by Crippen LogP contribution is 2.09. The van der Waals surface area contributed by atoms with Gasteiger partial charge in [0.1, 0.15) is 18.1 Å². The number of carboxylic acids is 2. The van der Waals surface area contributed by atoms with Crippen LogP contribution in [-0.2, 0) is 24.0 Å². The van der Waals surface area contributed by atoms with Crippen LogP contribution in [0.4, 0.5) is 0 Å². The Balaban J connectivity index is 5.30. The Morgan fingerprint density at radius 3 is 1.86 bits per heavy atom. The Labute approximate surface area is 169 Å². The number of nitrogens with one attached hydrogen (secondary N) is 3. The maximum absolute atomic E-state index is 12.6. The van der Waals surface area contributed by atoms with Crippen molar-refractivity contribution < 1.29 is 34.2 Å². The smallest absolute Gasteiger partial charge is 0.326 e. The number of carbonyl (C=O) groups excluding carboxylic acids is 3. The average Bonchev–Trinajstić information content (AvgIpc) is 2.60. The molecule has 0 saturated carbocycles. The third-order valence-electron chi connectivity index (χ3n) is 4.05. The van der Waals surface area contributed by atoms with Crippen molar-refractivity contribution in [1.82, 2.24) is 16.0 Å². The highest BCUT2D eigenvalue weighted by Gasteiger charge is 2.31. The molecule has 3 unspecified atom stereocenters. The fourth-order valence-electron chi connectivity index (χ4n) is 2.53. The summed E-state index contributed by atoms with van der Waals surface area (Å²) >= 11 is 0. The lowest BCUT2D eigenvalue weighted by molar-refractivity contribution is -0.143. The molecule has 11 heteroatoms. The van der Waals surface area contributed by atoms with E-state index in [0.717, 1.165) is 0 Å². The number of nitrogens with two attached hydrogens (primary N) is 1. The van der Waals surface area contributed by atoms with Gasteiger partial charge >= 0.3 is 11.9 Å². The second-order valence-corrected chi connectivity index (χ2v) is 7.52. The van der Waals surface area contributed by atoms with E-state index in [1.807, 2.05) is 13.8 Å². The molecule has 166 valence electrons. The summed E-state index contributed by atoms with van der Waals surface area (Å²) in [5.41, 5.74) is 5.22. The number of aliphatic carboxylic acids is 2. The van der Waals surface area contributed by atoms with Gasteiger partial charge < -0.3 is 31.9 Å². The number of hydrogen-bond donors (Lipinski definition) is 6. The summed E-state index contributed by atoms with van der Waals surface area (Å²) in [6.45, 7) is 6.56. The molecule has 0 saturated heterocycles. The Hall–Kier alpha value is -2.69. The number of carboxylic acid groups (broad SMARTS) is 2. The monoisotopic (exact) mass is 416 g/mol. The van der Waals surface area contributed by atoms with E-state index in [4.69, 9.17) is 10.8 Å². The van der Waals surface area contributed by atoms with Crippen molar-refractivity contribution in [1.29, 1.82) is 0 Å². The van der Waals surface area contributed by atoms with Crippen LogP contribution in [0.3, 0.4) is 0 Å². The molecule has 0 aromatic rings. The van der Waals surface area contributed by atoms with Crippen LogP contribution >= 0.6 is 0 Å². The lowest BCUT2D eigenvalue weighted by atomic mass is 9.99. The second kappa shape index (κ2) is 12.7. The zero-order valence-corrected chi connectivity index (χ0v) is 17.2. The minimum atomic E-state index is -1.19. The average molecular weight is 416 g/mol. The summed E-state index contributed by atoms with van der Waals surface area (Å²) in [6.07, 6.45) is -0.352. The van der Waals surface area contributed by atoms with Crippen LogP contribution in [0.5, 0.6) is 0 Å². The van der Waals surface area contributed by atoms with Gasteiger partial charge in [0.2, 0.25) is 17.7 Å². The number of hydrogen-bond acceptors (Lipinski definition) is 6. The molecule has 0 aliphatic carbocycles. The van der Waals surface area contributed by atoms with E-state index in [1.165, 1.54) is 0 Å². The molecule has 3 atom stereocenters. The highest BCUT2D eigenvalue weighted by atomic mass is 16.4. The van der Waals surface area contributed by atoms with E-state index < -0.39 is 53.7 Å². The van der Waals surface area contributed by atoms with E-state index in [-0.39, 0.29) is 31.7 Å². The van der Waals surface area contributed by atoms with Gasteiger partial charge in [-0.3, -0.25) is 19.2 Å². The molecule has 11 nitrogen and oxygen atoms in total. The van der Waals surface area contributed by atoms with Gasteiger partial charge in [-0.1, -0.05) is 27.7 Å². The minimum Gasteiger partial charge on any atom is -0.481 e. The summed E-state index contributed by atoms with van der Waals surface area (Å²) in [7, 11) is 0. The molecule has 0 aromatic carbocycles. The van der Waals surface area contributed by atoms with Gasteiger partial charge in [-0.25, -0.2) is 4.79 Å². The maximum atomic E-state index is 12.6. The lowest BCUT2D eigenvalue weighted by Gasteiger charge is -2.26. The van der Waals surface area contributed by atoms with E-state index in [9.17, 15) is 29.1 Å². The molecule has 0 aromatic heterocycles. The number of carbonyl (C=O) groups is 5. The number of amides is 3. The van der Waals surface area contributed by atoms with Crippen molar-refractivity contribution in [2.45, 2.75) is 65.1 Å². The summed E-state index contributed by atoms with van der Waals surface area (Å²) in [6, 6.07) is -3.37. The molecule has 3 amide bonds. The van der Waals surface area contributed by atoms with Gasteiger partial charge in [0.25, 0.3) is 0 Å². The first-order chi connectivity index (χ1) is 13.4. The molecule has 0 aliphatic heterocycles. The Morgan fingerprint density at radius 1 is 0.862 bits per heavy atom. The third kappa shape index (κ3) is 10.4. The van der Waals surface area contributed by atoms with Crippen molar-refractivity contribution in [2.24, 2.45) is 17.6 Å². The van der Waals surface area contributed by atoms with E-state index >= 15 is 0 Å². The molecule has 0 rings (SSSR count). The van der Waals surface area contributed by atoms with Crippen molar-refractivity contribution in [3.63, 3.8) is 0 Å². The highest BCUT2D eigenvalue weighted by molar-refractivity contribution is 5.93. The number of rotatable bonds is 13. The first-order valence-electron chi connectivity index (χ1n) is 9.43. The van der Waals surface area contributed by atoms with Gasteiger partial charge in [-0.05, 0) is 24.7 Å². The summed E-state index contributed by atoms with van der Waals surface area (Å²) < 4.78 is 0. The molecule has 0 bridgehead atoms. The predicted octanol–water partition coefficient (Wildman–Crippen LogP) is -0.949. The largest absolute Gasteiger partial charge is 0.481 e. The molecule has 0 heterocycles. The first-order valence-corrected chi connectivity index (χ1v) is 9.43. The predicted molar refractivity (Wildman–Crippen MR) is 104 cm³/mol. The van der Waals surface area contributed by atoms with Gasteiger partial charge in [0, 0.05) is 6.42 Å². The third-order valence-corrected chi connectivity index (χ3v) is 4.05. The summed E-state index contributed by atoms with van der Waals surface area (Å²) in [5.74, 6) is -4.78. The quantitative estimate of drug-likeness (QED) is 0.221. The fraction of sp³-hybridized carbons (Fsp3) is 0.722. The SMILES string of the molecule is CC(C)CC(NC(=O)C(NC(=O)C(CCC(=O)O)NC(=O)CN)C(C)C)C(=O)O. The Morgan fingerprint density at radius 2 is 1.45 bits per heavy atom. The van der Waals surface area contributed by atoms with E-state index in [1.54, 1.807) is 13.8 Å². The lowest BCUT2D eigenvalue weighted by Crippen LogP contribution is -2.57. The van der Waals surface area contributed by atoms with Crippen LogP contribution in [0.25, 0.3) is 0 Å². The van der Waals surface area contributed by atoms with Gasteiger partial charge in [0.15, 0.2) is 0 Å². The van der Waals surface area contributed by atoms with Crippen LogP contribution in [0.2, 0.25) is 0 Å². The summed E-state index contributed by atoms with van der Waals surface area (Å²) in [5, 5.41) is 25.3. The van der Waals surface area contributed by atoms with Crippen LogP contribution in [0.1, 0.15) is 47.0 Å². The topological polar surface area (TPSA) is 188 Å². The maximum Gasteiger partial charge on any atom is 0.326 e. The minimum absolute atomic E-state index is 0.0235. The van der Waals surface area contributed by atoms with Crippen LogP contribution in [-0.4, -0.2) is 64.5 Å². The second-order valence-electron chi connectivity index (χ2n) is 7.52.